The van der Waals surface area contributed by atoms with Gasteiger partial charge in [-0.2, -0.15) is 4.31 Å². The molecule has 110 valence electrons. The lowest BCUT2D eigenvalue weighted by Crippen LogP contribution is -2.25. The van der Waals surface area contributed by atoms with Crippen LogP contribution in [0.1, 0.15) is 16.8 Å². The molecule has 0 saturated carbocycles. The van der Waals surface area contributed by atoms with Crippen molar-refractivity contribution in [3.05, 3.63) is 47.5 Å². The number of fused-ring (bicyclic) bond motifs is 1. The Bertz CT molecular complexity index is 765. The Hall–Kier alpha value is -1.99. The number of hydrogen-bond donors (Lipinski definition) is 0. The number of hydrogen-bond acceptors (Lipinski definition) is 5. The van der Waals surface area contributed by atoms with E-state index >= 15 is 0 Å². The molecule has 6 nitrogen and oxygen atoms in total. The number of methoxy groups -OCH3 is 1. The summed E-state index contributed by atoms with van der Waals surface area (Å²) in [5.74, 6) is 0.671. The Balaban J connectivity index is 1.94. The van der Waals surface area contributed by atoms with Gasteiger partial charge in [-0.05, 0) is 30.7 Å². The fraction of sp³-hybridized carbons (Fsp3) is 0.286. The van der Waals surface area contributed by atoms with E-state index in [1.807, 2.05) is 6.92 Å². The van der Waals surface area contributed by atoms with Gasteiger partial charge in [0.15, 0.2) is 0 Å². The minimum atomic E-state index is -3.54. The van der Waals surface area contributed by atoms with Crippen molar-refractivity contribution in [2.24, 2.45) is 0 Å². The maximum Gasteiger partial charge on any atom is 0.243 e. The molecule has 1 aromatic heterocycles. The highest BCUT2D eigenvalue weighted by atomic mass is 32.2. The highest BCUT2D eigenvalue weighted by Crippen LogP contribution is 2.29. The van der Waals surface area contributed by atoms with E-state index in [1.54, 1.807) is 31.5 Å². The fourth-order valence-corrected chi connectivity index (χ4v) is 3.87. The zero-order chi connectivity index (χ0) is 15.0. The van der Waals surface area contributed by atoms with Gasteiger partial charge in [0.1, 0.15) is 12.1 Å². The van der Waals surface area contributed by atoms with Crippen LogP contribution in [0.2, 0.25) is 0 Å². The molecule has 0 atom stereocenters. The third-order valence-corrected chi connectivity index (χ3v) is 5.35. The molecule has 2 aromatic rings. The number of ether oxygens (including phenoxy) is 1. The van der Waals surface area contributed by atoms with Gasteiger partial charge in [-0.1, -0.05) is 0 Å². The summed E-state index contributed by atoms with van der Waals surface area (Å²) in [5, 5.41) is 0. The molecular weight excluding hydrogens is 290 g/mol. The molecule has 0 amide bonds. The number of aromatic nitrogens is 2. The van der Waals surface area contributed by atoms with Gasteiger partial charge in [0, 0.05) is 18.3 Å². The van der Waals surface area contributed by atoms with Crippen LogP contribution < -0.4 is 4.74 Å². The first-order chi connectivity index (χ1) is 10.0. The number of benzene rings is 1. The zero-order valence-corrected chi connectivity index (χ0v) is 12.6. The molecule has 3 rings (SSSR count). The third-order valence-electron chi connectivity index (χ3n) is 3.56. The molecule has 0 saturated heterocycles. The molecule has 0 N–H and O–H groups in total. The second-order valence-corrected chi connectivity index (χ2v) is 6.84. The van der Waals surface area contributed by atoms with Crippen molar-refractivity contribution in [1.29, 1.82) is 0 Å². The molecule has 7 heteroatoms. The highest BCUT2D eigenvalue weighted by molar-refractivity contribution is 7.89. The van der Waals surface area contributed by atoms with Crippen LogP contribution in [0.3, 0.4) is 0 Å². The average Bonchev–Trinajstić information content (AvgIpc) is 2.92. The Morgan fingerprint density at radius 3 is 2.76 bits per heavy atom. The second kappa shape index (κ2) is 5.09. The van der Waals surface area contributed by atoms with E-state index in [0.29, 0.717) is 12.3 Å². The lowest BCUT2D eigenvalue weighted by atomic mass is 10.2. The number of sulfonamides is 1. The van der Waals surface area contributed by atoms with Gasteiger partial charge in [-0.15, -0.1) is 0 Å². The Morgan fingerprint density at radius 1 is 1.29 bits per heavy atom. The standard InChI is InChI=1S/C14H15N3O3S/c1-10-5-12(3-4-14(10)20-2)21(18,19)17-7-11-6-15-9-16-13(11)8-17/h3-6,9H,7-8H2,1-2H3. The summed E-state index contributed by atoms with van der Waals surface area (Å²) in [6.07, 6.45) is 3.10. The SMILES string of the molecule is COc1ccc(S(=O)(=O)N2Cc3cncnc3C2)cc1C. The summed E-state index contributed by atoms with van der Waals surface area (Å²) in [6, 6.07) is 4.86. The number of nitrogens with zero attached hydrogens (tertiary/aromatic N) is 3. The Kier molecular flexibility index (Phi) is 3.38. The van der Waals surface area contributed by atoms with Crippen LogP contribution in [0, 0.1) is 6.92 Å². The summed E-state index contributed by atoms with van der Waals surface area (Å²) in [6.45, 7) is 2.41. The minimum Gasteiger partial charge on any atom is -0.496 e. The normalized spacial score (nSPS) is 15.0. The second-order valence-electron chi connectivity index (χ2n) is 4.90. The summed E-state index contributed by atoms with van der Waals surface area (Å²) in [4.78, 5) is 8.32. The van der Waals surface area contributed by atoms with Gasteiger partial charge in [0.05, 0.1) is 24.2 Å². The Morgan fingerprint density at radius 2 is 2.10 bits per heavy atom. The lowest BCUT2D eigenvalue weighted by Gasteiger charge is -2.16. The zero-order valence-electron chi connectivity index (χ0n) is 11.8. The van der Waals surface area contributed by atoms with E-state index < -0.39 is 10.0 Å². The van der Waals surface area contributed by atoms with Crippen molar-refractivity contribution in [1.82, 2.24) is 14.3 Å². The number of aryl methyl sites for hydroxylation is 1. The molecule has 0 unspecified atom stereocenters. The molecule has 21 heavy (non-hydrogen) atoms. The van der Waals surface area contributed by atoms with Crippen molar-refractivity contribution >= 4 is 10.0 Å². The molecule has 2 heterocycles. The minimum absolute atomic E-state index is 0.265. The smallest absolute Gasteiger partial charge is 0.243 e. The van der Waals surface area contributed by atoms with Crippen molar-refractivity contribution in [3.63, 3.8) is 0 Å². The predicted molar refractivity (Wildman–Crippen MR) is 76.2 cm³/mol. The molecule has 0 fully saturated rings. The number of rotatable bonds is 3. The van der Waals surface area contributed by atoms with E-state index in [9.17, 15) is 8.42 Å². The first-order valence-corrected chi connectivity index (χ1v) is 7.89. The van der Waals surface area contributed by atoms with Crippen LogP contribution >= 0.6 is 0 Å². The van der Waals surface area contributed by atoms with Gasteiger partial charge in [0.25, 0.3) is 0 Å². The van der Waals surface area contributed by atoms with Crippen molar-refractivity contribution in [3.8, 4) is 5.75 Å². The van der Waals surface area contributed by atoms with Crippen LogP contribution in [0.5, 0.6) is 5.75 Å². The maximum absolute atomic E-state index is 12.7. The van der Waals surface area contributed by atoms with Crippen LogP contribution in [0.15, 0.2) is 35.6 Å². The average molecular weight is 305 g/mol. The largest absolute Gasteiger partial charge is 0.496 e. The van der Waals surface area contributed by atoms with Crippen LogP contribution in [0.25, 0.3) is 0 Å². The van der Waals surface area contributed by atoms with Gasteiger partial charge < -0.3 is 4.74 Å². The molecule has 0 radical (unpaired) electrons. The predicted octanol–water partition coefficient (Wildman–Crippen LogP) is 1.50. The molecule has 1 aromatic carbocycles. The third kappa shape index (κ3) is 2.38. The highest BCUT2D eigenvalue weighted by Gasteiger charge is 2.31. The first-order valence-electron chi connectivity index (χ1n) is 6.45. The van der Waals surface area contributed by atoms with Crippen LogP contribution in [0.4, 0.5) is 0 Å². The van der Waals surface area contributed by atoms with Crippen molar-refractivity contribution in [2.75, 3.05) is 7.11 Å². The first kappa shape index (κ1) is 14.0. The van der Waals surface area contributed by atoms with E-state index in [1.165, 1.54) is 10.6 Å². The van der Waals surface area contributed by atoms with Gasteiger partial charge >= 0.3 is 0 Å². The summed E-state index contributed by atoms with van der Waals surface area (Å²) < 4.78 is 32.0. The molecule has 1 aliphatic heterocycles. The van der Waals surface area contributed by atoms with E-state index in [2.05, 4.69) is 9.97 Å². The Labute approximate surface area is 123 Å². The molecule has 0 bridgehead atoms. The maximum atomic E-state index is 12.7. The molecule has 0 aliphatic carbocycles. The molecular formula is C14H15N3O3S. The van der Waals surface area contributed by atoms with Crippen molar-refractivity contribution < 1.29 is 13.2 Å². The van der Waals surface area contributed by atoms with Gasteiger partial charge in [-0.25, -0.2) is 18.4 Å². The van der Waals surface area contributed by atoms with Gasteiger partial charge in [-0.3, -0.25) is 0 Å². The summed E-state index contributed by atoms with van der Waals surface area (Å²) in [7, 11) is -1.98. The molecule has 0 spiro atoms. The fourth-order valence-electron chi connectivity index (χ4n) is 2.40. The van der Waals surface area contributed by atoms with Crippen molar-refractivity contribution in [2.45, 2.75) is 24.9 Å². The van der Waals surface area contributed by atoms with E-state index in [4.69, 9.17) is 4.74 Å². The monoisotopic (exact) mass is 305 g/mol. The van der Waals surface area contributed by atoms with Crippen LogP contribution in [-0.2, 0) is 23.1 Å². The van der Waals surface area contributed by atoms with E-state index in [-0.39, 0.29) is 11.4 Å². The van der Waals surface area contributed by atoms with E-state index in [0.717, 1.165) is 16.8 Å². The quantitative estimate of drug-likeness (QED) is 0.859. The topological polar surface area (TPSA) is 72.4 Å². The summed E-state index contributed by atoms with van der Waals surface area (Å²) in [5.41, 5.74) is 2.40. The molecule has 1 aliphatic rings. The van der Waals surface area contributed by atoms with Crippen LogP contribution in [-0.4, -0.2) is 29.8 Å². The summed E-state index contributed by atoms with van der Waals surface area (Å²) >= 11 is 0. The van der Waals surface area contributed by atoms with Gasteiger partial charge in [0.2, 0.25) is 10.0 Å². The lowest BCUT2D eigenvalue weighted by molar-refractivity contribution is 0.410.